The Morgan fingerprint density at radius 3 is 2.61 bits per heavy atom. The second kappa shape index (κ2) is 4.98. The fourth-order valence-electron chi connectivity index (χ4n) is 1.85. The summed E-state index contributed by atoms with van der Waals surface area (Å²) in [5.41, 5.74) is 0.0862. The molecule has 4 nitrogen and oxygen atoms in total. The minimum Gasteiger partial charge on any atom is -0.338 e. The van der Waals surface area contributed by atoms with Gasteiger partial charge in [0.2, 0.25) is 0 Å². The number of carbonyl (C=O) groups excluding carboxylic acids is 1. The van der Waals surface area contributed by atoms with E-state index in [1.54, 1.807) is 12.1 Å². The molecule has 0 bridgehead atoms. The summed E-state index contributed by atoms with van der Waals surface area (Å²) in [7, 11) is 0. The molecule has 1 aromatic carbocycles. The van der Waals surface area contributed by atoms with Crippen LogP contribution >= 0.6 is 11.6 Å². The number of carbonyl (C=O) groups is 1. The van der Waals surface area contributed by atoms with E-state index in [-0.39, 0.29) is 5.91 Å². The van der Waals surface area contributed by atoms with Crippen LogP contribution in [0, 0.1) is 0 Å². The molecule has 1 atom stereocenters. The lowest BCUT2D eigenvalue weighted by Gasteiger charge is -2.21. The Morgan fingerprint density at radius 1 is 1.33 bits per heavy atom. The average Bonchev–Trinajstić information content (AvgIpc) is 2.64. The Kier molecular flexibility index (Phi) is 3.57. The third-order valence-corrected chi connectivity index (χ3v) is 3.22. The molecule has 1 aromatic rings. The molecule has 96 valence electrons. The van der Waals surface area contributed by atoms with Crippen molar-refractivity contribution in [1.29, 1.82) is 0 Å². The number of rotatable bonds is 3. The van der Waals surface area contributed by atoms with Gasteiger partial charge < -0.3 is 5.32 Å². The maximum atomic E-state index is 12.1. The first-order chi connectivity index (χ1) is 8.56. The van der Waals surface area contributed by atoms with E-state index in [0.29, 0.717) is 17.5 Å². The minimum atomic E-state index is -0.781. The molecule has 1 heterocycles. The van der Waals surface area contributed by atoms with Crippen molar-refractivity contribution >= 4 is 23.5 Å². The van der Waals surface area contributed by atoms with Crippen LogP contribution in [0.1, 0.15) is 25.8 Å². The highest BCUT2D eigenvalue weighted by atomic mass is 35.5. The summed E-state index contributed by atoms with van der Waals surface area (Å²) < 4.78 is 0. The summed E-state index contributed by atoms with van der Waals surface area (Å²) in [6.07, 6.45) is 0.943. The Morgan fingerprint density at radius 2 is 2.00 bits per heavy atom. The molecule has 1 aliphatic heterocycles. The molecule has 1 unspecified atom stereocenters. The Bertz CT molecular complexity index is 484. The van der Waals surface area contributed by atoms with Gasteiger partial charge in [-0.2, -0.15) is 0 Å². The first kappa shape index (κ1) is 12.9. The van der Waals surface area contributed by atoms with E-state index in [2.05, 4.69) is 15.6 Å². The molecule has 0 aromatic heterocycles. The number of hydrogen-bond acceptors (Lipinski definition) is 2. The van der Waals surface area contributed by atoms with Crippen molar-refractivity contribution in [3.63, 3.8) is 0 Å². The Balaban J connectivity index is 2.26. The second-order valence-electron chi connectivity index (χ2n) is 4.44. The van der Waals surface area contributed by atoms with Crippen molar-refractivity contribution in [2.24, 2.45) is 4.99 Å². The third kappa shape index (κ3) is 2.34. The summed E-state index contributed by atoms with van der Waals surface area (Å²) in [5.74, 6) is 0.443. The minimum absolute atomic E-state index is 0.0975. The topological polar surface area (TPSA) is 53.5 Å². The van der Waals surface area contributed by atoms with Crippen LogP contribution in [0.3, 0.4) is 0 Å². The smallest absolute Gasteiger partial charge is 0.256 e. The first-order valence-corrected chi connectivity index (χ1v) is 6.34. The summed E-state index contributed by atoms with van der Waals surface area (Å²) in [4.78, 5) is 16.3. The predicted molar refractivity (Wildman–Crippen MR) is 72.7 cm³/mol. The standard InChI is InChI=1S/C13H16ClN3O/c1-3-8-15-12-16-11(18)13(2,17-12)9-4-6-10(14)7-5-9/h4-7H,3,8H2,1-2H3,(H2,15,16,17,18). The fraction of sp³-hybridized carbons (Fsp3) is 0.385. The van der Waals surface area contributed by atoms with Gasteiger partial charge in [0.05, 0.1) is 0 Å². The van der Waals surface area contributed by atoms with E-state index in [4.69, 9.17) is 11.6 Å². The van der Waals surface area contributed by atoms with Crippen molar-refractivity contribution in [2.75, 3.05) is 6.54 Å². The van der Waals surface area contributed by atoms with Gasteiger partial charge >= 0.3 is 0 Å². The molecule has 1 amide bonds. The highest BCUT2D eigenvalue weighted by molar-refractivity contribution is 6.30. The zero-order valence-electron chi connectivity index (χ0n) is 10.5. The van der Waals surface area contributed by atoms with Crippen LogP contribution in [0.15, 0.2) is 29.3 Å². The highest BCUT2D eigenvalue weighted by Crippen LogP contribution is 2.25. The molecule has 0 spiro atoms. The molecule has 2 N–H and O–H groups in total. The SMILES string of the molecule is CCCN=C1NC(=O)C(C)(c2ccc(Cl)cc2)N1. The molecule has 1 aliphatic rings. The quantitative estimate of drug-likeness (QED) is 0.879. The van der Waals surface area contributed by atoms with E-state index in [1.807, 2.05) is 26.0 Å². The number of guanidine groups is 1. The summed E-state index contributed by atoms with van der Waals surface area (Å²) in [6.45, 7) is 4.57. The number of benzene rings is 1. The van der Waals surface area contributed by atoms with Crippen molar-refractivity contribution < 1.29 is 4.79 Å². The summed E-state index contributed by atoms with van der Waals surface area (Å²) in [5, 5.41) is 6.55. The first-order valence-electron chi connectivity index (χ1n) is 5.96. The van der Waals surface area contributed by atoms with Gasteiger partial charge in [0, 0.05) is 11.6 Å². The number of halogens is 1. The van der Waals surface area contributed by atoms with Crippen LogP contribution in [0.5, 0.6) is 0 Å². The molecular formula is C13H16ClN3O. The largest absolute Gasteiger partial charge is 0.338 e. The van der Waals surface area contributed by atoms with Gasteiger partial charge in [-0.1, -0.05) is 30.7 Å². The number of aliphatic imine (C=N–C) groups is 1. The van der Waals surface area contributed by atoms with Crippen molar-refractivity contribution in [1.82, 2.24) is 10.6 Å². The van der Waals surface area contributed by atoms with Crippen LogP contribution in [-0.2, 0) is 10.3 Å². The highest BCUT2D eigenvalue weighted by Gasteiger charge is 2.42. The van der Waals surface area contributed by atoms with Gasteiger partial charge in [-0.25, -0.2) is 0 Å². The van der Waals surface area contributed by atoms with Gasteiger partial charge in [-0.05, 0) is 31.0 Å². The normalized spacial score (nSPS) is 25.1. The number of hydrogen-bond donors (Lipinski definition) is 2. The number of nitrogens with zero attached hydrogens (tertiary/aromatic N) is 1. The molecule has 0 radical (unpaired) electrons. The third-order valence-electron chi connectivity index (χ3n) is 2.97. The van der Waals surface area contributed by atoms with Gasteiger partial charge in [-0.15, -0.1) is 0 Å². The van der Waals surface area contributed by atoms with Gasteiger partial charge in [0.15, 0.2) is 5.96 Å². The predicted octanol–water partition coefficient (Wildman–Crippen LogP) is 2.04. The van der Waals surface area contributed by atoms with E-state index in [1.165, 1.54) is 0 Å². The second-order valence-corrected chi connectivity index (χ2v) is 4.88. The maximum absolute atomic E-state index is 12.1. The summed E-state index contributed by atoms with van der Waals surface area (Å²) in [6, 6.07) is 7.24. The number of amides is 1. The van der Waals surface area contributed by atoms with Crippen LogP contribution in [-0.4, -0.2) is 18.4 Å². The van der Waals surface area contributed by atoms with Crippen LogP contribution < -0.4 is 10.6 Å². The van der Waals surface area contributed by atoms with Crippen LogP contribution in [0.2, 0.25) is 5.02 Å². The lowest BCUT2D eigenvalue weighted by atomic mass is 9.92. The average molecular weight is 266 g/mol. The number of nitrogens with one attached hydrogen (secondary N) is 2. The zero-order valence-corrected chi connectivity index (χ0v) is 11.2. The molecule has 5 heteroatoms. The Labute approximate surface area is 111 Å². The lowest BCUT2D eigenvalue weighted by Crippen LogP contribution is -2.40. The van der Waals surface area contributed by atoms with Gasteiger partial charge in [-0.3, -0.25) is 15.1 Å². The molecule has 1 fully saturated rings. The van der Waals surface area contributed by atoms with Crippen molar-refractivity contribution in [2.45, 2.75) is 25.8 Å². The molecular weight excluding hydrogens is 250 g/mol. The fourth-order valence-corrected chi connectivity index (χ4v) is 1.97. The molecule has 2 rings (SSSR count). The van der Waals surface area contributed by atoms with E-state index in [0.717, 1.165) is 12.0 Å². The molecule has 0 saturated carbocycles. The van der Waals surface area contributed by atoms with Crippen LogP contribution in [0.25, 0.3) is 0 Å². The monoisotopic (exact) mass is 265 g/mol. The lowest BCUT2D eigenvalue weighted by molar-refractivity contribution is -0.123. The van der Waals surface area contributed by atoms with Crippen molar-refractivity contribution in [3.8, 4) is 0 Å². The summed E-state index contributed by atoms with van der Waals surface area (Å²) >= 11 is 5.85. The van der Waals surface area contributed by atoms with Gasteiger partial charge in [0.1, 0.15) is 5.54 Å². The van der Waals surface area contributed by atoms with E-state index < -0.39 is 5.54 Å². The van der Waals surface area contributed by atoms with Gasteiger partial charge in [0.25, 0.3) is 5.91 Å². The van der Waals surface area contributed by atoms with E-state index >= 15 is 0 Å². The molecule has 0 aliphatic carbocycles. The van der Waals surface area contributed by atoms with Crippen molar-refractivity contribution in [3.05, 3.63) is 34.9 Å². The Hall–Kier alpha value is -1.55. The molecule has 1 saturated heterocycles. The molecule has 18 heavy (non-hydrogen) atoms. The zero-order chi connectivity index (χ0) is 13.2. The van der Waals surface area contributed by atoms with E-state index in [9.17, 15) is 4.79 Å². The van der Waals surface area contributed by atoms with Crippen LogP contribution in [0.4, 0.5) is 0 Å². The maximum Gasteiger partial charge on any atom is 0.256 e.